The van der Waals surface area contributed by atoms with E-state index in [1.54, 1.807) is 18.2 Å². The van der Waals surface area contributed by atoms with E-state index in [4.69, 9.17) is 11.0 Å². The summed E-state index contributed by atoms with van der Waals surface area (Å²) < 4.78 is 4.59. The molecule has 1 aromatic heterocycles. The van der Waals surface area contributed by atoms with Crippen LogP contribution in [0, 0.1) is 11.3 Å². The maximum atomic E-state index is 8.80. The maximum absolute atomic E-state index is 8.80. The molecule has 80 valence electrons. The van der Waals surface area contributed by atoms with Gasteiger partial charge in [-0.1, -0.05) is 11.2 Å². The second kappa shape index (κ2) is 4.31. The number of nitriles is 1. The molecule has 0 saturated heterocycles. The Hall–Kier alpha value is -2.55. The lowest BCUT2D eigenvalue weighted by atomic mass is 10.1. The Kier molecular flexibility index (Phi) is 2.69. The summed E-state index contributed by atoms with van der Waals surface area (Å²) in [4.78, 5) is 3.86. The molecule has 1 heterocycles. The highest BCUT2D eigenvalue weighted by Crippen LogP contribution is 2.22. The zero-order chi connectivity index (χ0) is 11.4. The van der Waals surface area contributed by atoms with Crippen molar-refractivity contribution >= 4 is 11.4 Å². The van der Waals surface area contributed by atoms with Gasteiger partial charge in [0.05, 0.1) is 23.5 Å². The van der Waals surface area contributed by atoms with Crippen molar-refractivity contribution in [2.24, 2.45) is 0 Å². The van der Waals surface area contributed by atoms with Crippen molar-refractivity contribution in [3.05, 3.63) is 36.0 Å². The highest BCUT2D eigenvalue weighted by atomic mass is 16.5. The van der Waals surface area contributed by atoms with Gasteiger partial charge in [0.25, 0.3) is 0 Å². The van der Waals surface area contributed by atoms with Crippen LogP contribution < -0.4 is 11.1 Å². The Bertz CT molecular complexity index is 515. The molecule has 2 rings (SSSR count). The van der Waals surface area contributed by atoms with Crippen LogP contribution in [0.1, 0.15) is 11.4 Å². The highest BCUT2D eigenvalue weighted by molar-refractivity contribution is 5.72. The number of hydrogen-bond acceptors (Lipinski definition) is 6. The maximum Gasteiger partial charge on any atom is 0.213 e. The third-order valence-corrected chi connectivity index (χ3v) is 2.07. The number of nitrogens with one attached hydrogen (secondary N) is 1. The van der Waals surface area contributed by atoms with Gasteiger partial charge in [-0.2, -0.15) is 10.2 Å². The molecule has 0 saturated carbocycles. The van der Waals surface area contributed by atoms with E-state index < -0.39 is 0 Å². The monoisotopic (exact) mass is 215 g/mol. The molecule has 0 aliphatic rings. The normalized spacial score (nSPS) is 9.69. The molecule has 2 aromatic rings. The molecule has 3 N–H and O–H groups in total. The van der Waals surface area contributed by atoms with Crippen LogP contribution in [0.15, 0.2) is 29.1 Å². The number of rotatable bonds is 3. The molecule has 6 heteroatoms. The van der Waals surface area contributed by atoms with Gasteiger partial charge in [0.2, 0.25) is 6.39 Å². The molecule has 0 aliphatic heterocycles. The van der Waals surface area contributed by atoms with Crippen molar-refractivity contribution in [3.8, 4) is 6.07 Å². The van der Waals surface area contributed by atoms with Gasteiger partial charge in [-0.25, -0.2) is 0 Å². The molecule has 16 heavy (non-hydrogen) atoms. The number of benzene rings is 1. The van der Waals surface area contributed by atoms with E-state index in [1.807, 2.05) is 6.07 Å². The first-order valence-electron chi connectivity index (χ1n) is 4.59. The minimum atomic E-state index is 0.398. The van der Waals surface area contributed by atoms with E-state index in [1.165, 1.54) is 6.39 Å². The van der Waals surface area contributed by atoms with Crippen molar-refractivity contribution in [2.75, 3.05) is 11.1 Å². The summed E-state index contributed by atoms with van der Waals surface area (Å²) in [6.07, 6.45) is 1.26. The standard InChI is InChI=1S/C10H9N5O/c11-4-7-2-1-3-8(10(7)12)13-5-9-14-6-16-15-9/h1-3,6,13H,5,12H2. The van der Waals surface area contributed by atoms with Gasteiger partial charge in [-0.05, 0) is 12.1 Å². The summed E-state index contributed by atoms with van der Waals surface area (Å²) in [6.45, 7) is 0.398. The molecule has 0 spiro atoms. The van der Waals surface area contributed by atoms with Crippen LogP contribution in [-0.2, 0) is 6.54 Å². The third-order valence-electron chi connectivity index (χ3n) is 2.07. The second-order valence-corrected chi connectivity index (χ2v) is 3.08. The lowest BCUT2D eigenvalue weighted by Gasteiger charge is -2.07. The minimum Gasteiger partial charge on any atom is -0.396 e. The molecular formula is C10H9N5O. The summed E-state index contributed by atoms with van der Waals surface area (Å²) in [5, 5.41) is 15.5. The summed E-state index contributed by atoms with van der Waals surface area (Å²) in [5.41, 5.74) is 7.34. The lowest BCUT2D eigenvalue weighted by Crippen LogP contribution is -2.04. The van der Waals surface area contributed by atoms with Crippen molar-refractivity contribution < 1.29 is 4.52 Å². The Morgan fingerprint density at radius 3 is 3.06 bits per heavy atom. The van der Waals surface area contributed by atoms with E-state index in [-0.39, 0.29) is 0 Å². The smallest absolute Gasteiger partial charge is 0.213 e. The molecule has 1 aromatic carbocycles. The number of nitrogens with two attached hydrogens (primary N) is 1. The number of nitrogen functional groups attached to an aromatic ring is 1. The molecule has 0 radical (unpaired) electrons. The fourth-order valence-electron chi connectivity index (χ4n) is 1.26. The molecule has 0 atom stereocenters. The van der Waals surface area contributed by atoms with E-state index >= 15 is 0 Å². The van der Waals surface area contributed by atoms with Crippen LogP contribution in [0.25, 0.3) is 0 Å². The number of hydrogen-bond donors (Lipinski definition) is 2. The fourth-order valence-corrected chi connectivity index (χ4v) is 1.26. The van der Waals surface area contributed by atoms with Crippen LogP contribution in [0.3, 0.4) is 0 Å². The molecular weight excluding hydrogens is 206 g/mol. The zero-order valence-corrected chi connectivity index (χ0v) is 8.34. The molecule has 0 bridgehead atoms. The predicted molar refractivity (Wildman–Crippen MR) is 57.2 cm³/mol. The van der Waals surface area contributed by atoms with Crippen molar-refractivity contribution in [1.82, 2.24) is 10.1 Å². The lowest BCUT2D eigenvalue weighted by molar-refractivity contribution is 0.411. The van der Waals surface area contributed by atoms with Gasteiger partial charge in [0, 0.05) is 0 Å². The summed E-state index contributed by atoms with van der Waals surface area (Å²) >= 11 is 0. The third kappa shape index (κ3) is 1.93. The van der Waals surface area contributed by atoms with Crippen LogP contribution in [0.2, 0.25) is 0 Å². The molecule has 0 aliphatic carbocycles. The first-order chi connectivity index (χ1) is 7.81. The summed E-state index contributed by atoms with van der Waals surface area (Å²) in [6, 6.07) is 7.22. The minimum absolute atomic E-state index is 0.398. The van der Waals surface area contributed by atoms with E-state index in [0.29, 0.717) is 29.3 Å². The number of para-hydroxylation sites is 1. The zero-order valence-electron chi connectivity index (χ0n) is 8.34. The van der Waals surface area contributed by atoms with Gasteiger partial charge in [-0.3, -0.25) is 0 Å². The average Bonchev–Trinajstić information content (AvgIpc) is 2.81. The van der Waals surface area contributed by atoms with Gasteiger partial charge in [0.15, 0.2) is 5.82 Å². The SMILES string of the molecule is N#Cc1cccc(NCc2ncon2)c1N. The van der Waals surface area contributed by atoms with Crippen molar-refractivity contribution in [2.45, 2.75) is 6.54 Å². The molecule has 0 amide bonds. The average molecular weight is 215 g/mol. The first-order valence-corrected chi connectivity index (χ1v) is 4.59. The van der Waals surface area contributed by atoms with Gasteiger partial charge < -0.3 is 15.6 Å². The Morgan fingerprint density at radius 1 is 1.50 bits per heavy atom. The Morgan fingerprint density at radius 2 is 2.38 bits per heavy atom. The molecule has 0 unspecified atom stereocenters. The van der Waals surface area contributed by atoms with Gasteiger partial charge >= 0.3 is 0 Å². The number of aromatic nitrogens is 2. The van der Waals surface area contributed by atoms with Crippen molar-refractivity contribution in [1.29, 1.82) is 5.26 Å². The first kappa shape index (κ1) is 9.98. The van der Waals surface area contributed by atoms with Crippen LogP contribution in [0.4, 0.5) is 11.4 Å². The molecule has 0 fully saturated rings. The topological polar surface area (TPSA) is 101 Å². The second-order valence-electron chi connectivity index (χ2n) is 3.08. The van der Waals surface area contributed by atoms with Crippen LogP contribution >= 0.6 is 0 Å². The van der Waals surface area contributed by atoms with E-state index in [9.17, 15) is 0 Å². The number of anilines is 2. The fraction of sp³-hybridized carbons (Fsp3) is 0.100. The van der Waals surface area contributed by atoms with Crippen LogP contribution in [0.5, 0.6) is 0 Å². The molecule has 6 nitrogen and oxygen atoms in total. The summed E-state index contributed by atoms with van der Waals surface area (Å²) in [7, 11) is 0. The largest absolute Gasteiger partial charge is 0.396 e. The Labute approximate surface area is 91.7 Å². The highest BCUT2D eigenvalue weighted by Gasteiger charge is 2.04. The van der Waals surface area contributed by atoms with E-state index in [0.717, 1.165) is 0 Å². The van der Waals surface area contributed by atoms with Crippen molar-refractivity contribution in [3.63, 3.8) is 0 Å². The predicted octanol–water partition coefficient (Wildman–Crippen LogP) is 1.14. The van der Waals surface area contributed by atoms with Crippen LogP contribution in [-0.4, -0.2) is 10.1 Å². The van der Waals surface area contributed by atoms with E-state index in [2.05, 4.69) is 20.0 Å². The quantitative estimate of drug-likeness (QED) is 0.744. The van der Waals surface area contributed by atoms with Gasteiger partial charge in [-0.15, -0.1) is 0 Å². The summed E-state index contributed by atoms with van der Waals surface area (Å²) in [5.74, 6) is 0.529. The van der Waals surface area contributed by atoms with Gasteiger partial charge in [0.1, 0.15) is 6.07 Å². The number of nitrogens with zero attached hydrogens (tertiary/aromatic N) is 3. The Balaban J connectivity index is 2.13.